The lowest BCUT2D eigenvalue weighted by molar-refractivity contribution is -0.180. The van der Waals surface area contributed by atoms with Crippen LogP contribution in [0.3, 0.4) is 0 Å². The molecule has 21 heavy (non-hydrogen) atoms. The molecule has 2 fully saturated rings. The number of hydrogen-bond acceptors (Lipinski definition) is 6. The van der Waals surface area contributed by atoms with Gasteiger partial charge in [0.1, 0.15) is 6.10 Å². The van der Waals surface area contributed by atoms with Crippen molar-refractivity contribution in [2.75, 3.05) is 13.2 Å². The highest BCUT2D eigenvalue weighted by Crippen LogP contribution is 2.38. The molecule has 0 aromatic heterocycles. The minimum atomic E-state index is -1.43. The third-order valence-corrected chi connectivity index (χ3v) is 3.54. The molecule has 2 rings (SSSR count). The third-order valence-electron chi connectivity index (χ3n) is 3.54. The van der Waals surface area contributed by atoms with E-state index in [1.54, 1.807) is 13.8 Å². The Balaban J connectivity index is 2.31. The number of Topliss-reactive ketones (excluding diaryl/α,β-unsaturated/α-hetero) is 1. The van der Waals surface area contributed by atoms with E-state index in [4.69, 9.17) is 18.9 Å². The number of carbonyl (C=O) groups excluding carboxylic acids is 2. The summed E-state index contributed by atoms with van der Waals surface area (Å²) < 4.78 is 22.1. The van der Waals surface area contributed by atoms with Gasteiger partial charge in [0.2, 0.25) is 0 Å². The first-order valence-corrected chi connectivity index (χ1v) is 6.79. The van der Waals surface area contributed by atoms with Crippen molar-refractivity contribution in [3.63, 3.8) is 0 Å². The zero-order chi connectivity index (χ0) is 15.7. The van der Waals surface area contributed by atoms with E-state index in [9.17, 15) is 9.59 Å². The minimum absolute atomic E-state index is 0.115. The van der Waals surface area contributed by atoms with Crippen LogP contribution in [0, 0.1) is 0 Å². The summed E-state index contributed by atoms with van der Waals surface area (Å²) in [6.07, 6.45) is 1.75. The van der Waals surface area contributed by atoms with E-state index in [0.29, 0.717) is 0 Å². The van der Waals surface area contributed by atoms with Gasteiger partial charge in [-0.3, -0.25) is 4.79 Å². The van der Waals surface area contributed by atoms with Gasteiger partial charge in [0.05, 0.1) is 13.2 Å². The van der Waals surface area contributed by atoms with Crippen molar-refractivity contribution >= 4 is 11.8 Å². The summed E-state index contributed by atoms with van der Waals surface area (Å²) >= 11 is 0. The normalized spacial score (nSPS) is 34.8. The summed E-state index contributed by atoms with van der Waals surface area (Å²) in [6, 6.07) is 0. The molecule has 0 spiro atoms. The molecule has 0 bridgehead atoms. The molecule has 2 heterocycles. The fraction of sp³-hybridized carbons (Fsp3) is 0.600. The van der Waals surface area contributed by atoms with E-state index in [1.807, 2.05) is 0 Å². The van der Waals surface area contributed by atoms with E-state index in [1.165, 1.54) is 12.2 Å². The lowest BCUT2D eigenvalue weighted by Crippen LogP contribution is -2.53. The third kappa shape index (κ3) is 2.79. The summed E-state index contributed by atoms with van der Waals surface area (Å²) in [6.45, 7) is 11.0. The Morgan fingerprint density at radius 2 is 2.05 bits per heavy atom. The summed E-state index contributed by atoms with van der Waals surface area (Å²) in [5.74, 6) is -2.43. The van der Waals surface area contributed by atoms with Crippen molar-refractivity contribution in [1.29, 1.82) is 0 Å². The Morgan fingerprint density at radius 3 is 2.57 bits per heavy atom. The number of esters is 1. The Labute approximate surface area is 123 Å². The van der Waals surface area contributed by atoms with Crippen molar-refractivity contribution in [1.82, 2.24) is 0 Å². The van der Waals surface area contributed by atoms with Crippen molar-refractivity contribution in [3.8, 4) is 0 Å². The monoisotopic (exact) mass is 296 g/mol. The van der Waals surface area contributed by atoms with Crippen LogP contribution in [0.2, 0.25) is 0 Å². The number of ketones is 1. The number of hydrogen-bond donors (Lipinski definition) is 0. The molecule has 0 aromatic carbocycles. The molecule has 6 heteroatoms. The van der Waals surface area contributed by atoms with E-state index >= 15 is 0 Å². The average Bonchev–Trinajstić information content (AvgIpc) is 2.90. The topological polar surface area (TPSA) is 71.1 Å². The average molecular weight is 296 g/mol. The number of carbonyl (C=O) groups is 2. The van der Waals surface area contributed by atoms with Crippen LogP contribution >= 0.6 is 0 Å². The standard InChI is InChI=1S/C15H20O6/c1-5-7-15(18-8-6-2)11(16)13(17)20-12(15)10-9-19-14(3,4)21-10/h5-6,10,12H,1-2,7-9H2,3-4H3/t10-,12+,15+/m0/s1. The first kappa shape index (κ1) is 15.9. The Bertz CT molecular complexity index is 469. The lowest BCUT2D eigenvalue weighted by Gasteiger charge is -2.32. The lowest BCUT2D eigenvalue weighted by atomic mass is 9.87. The summed E-state index contributed by atoms with van der Waals surface area (Å²) in [5, 5.41) is 0. The Kier molecular flexibility index (Phi) is 4.32. The first-order chi connectivity index (χ1) is 9.86. The molecule has 116 valence electrons. The van der Waals surface area contributed by atoms with Crippen molar-refractivity contribution < 1.29 is 28.5 Å². The van der Waals surface area contributed by atoms with Gasteiger partial charge in [0.25, 0.3) is 5.78 Å². The van der Waals surface area contributed by atoms with Gasteiger partial charge in [-0.25, -0.2) is 4.79 Å². The van der Waals surface area contributed by atoms with Crippen molar-refractivity contribution in [2.45, 2.75) is 43.9 Å². The van der Waals surface area contributed by atoms with Gasteiger partial charge < -0.3 is 18.9 Å². The quantitative estimate of drug-likeness (QED) is 0.416. The van der Waals surface area contributed by atoms with Crippen LogP contribution in [-0.4, -0.2) is 48.6 Å². The number of ether oxygens (including phenoxy) is 4. The maximum Gasteiger partial charge on any atom is 0.378 e. The van der Waals surface area contributed by atoms with E-state index in [-0.39, 0.29) is 19.6 Å². The smallest absolute Gasteiger partial charge is 0.378 e. The predicted octanol–water partition coefficient (Wildman–Crippen LogP) is 1.15. The van der Waals surface area contributed by atoms with Crippen LogP contribution in [0.15, 0.2) is 25.3 Å². The second-order valence-electron chi connectivity index (χ2n) is 5.50. The largest absolute Gasteiger partial charge is 0.450 e. The summed E-state index contributed by atoms with van der Waals surface area (Å²) in [7, 11) is 0. The predicted molar refractivity (Wildman–Crippen MR) is 73.5 cm³/mol. The molecule has 6 nitrogen and oxygen atoms in total. The second-order valence-corrected chi connectivity index (χ2v) is 5.50. The van der Waals surface area contributed by atoms with E-state index < -0.39 is 35.3 Å². The van der Waals surface area contributed by atoms with Crippen molar-refractivity contribution in [3.05, 3.63) is 25.3 Å². The minimum Gasteiger partial charge on any atom is -0.450 e. The first-order valence-electron chi connectivity index (χ1n) is 6.79. The van der Waals surface area contributed by atoms with Crippen LogP contribution in [0.5, 0.6) is 0 Å². The van der Waals surface area contributed by atoms with Gasteiger partial charge in [-0.15, -0.1) is 13.2 Å². The molecular weight excluding hydrogens is 276 g/mol. The van der Waals surface area contributed by atoms with Crippen molar-refractivity contribution in [2.24, 2.45) is 0 Å². The molecule has 0 radical (unpaired) electrons. The zero-order valence-corrected chi connectivity index (χ0v) is 12.3. The highest BCUT2D eigenvalue weighted by Gasteiger charge is 2.62. The molecule has 2 aliphatic heterocycles. The fourth-order valence-corrected chi connectivity index (χ4v) is 2.64. The van der Waals surface area contributed by atoms with Crippen LogP contribution in [0.1, 0.15) is 20.3 Å². The summed E-state index contributed by atoms with van der Waals surface area (Å²) in [5.41, 5.74) is -1.43. The Morgan fingerprint density at radius 1 is 1.33 bits per heavy atom. The van der Waals surface area contributed by atoms with Crippen LogP contribution in [-0.2, 0) is 28.5 Å². The van der Waals surface area contributed by atoms with E-state index in [2.05, 4.69) is 13.2 Å². The van der Waals surface area contributed by atoms with Gasteiger partial charge in [0.15, 0.2) is 17.5 Å². The molecule has 2 saturated heterocycles. The maximum atomic E-state index is 12.3. The van der Waals surface area contributed by atoms with Gasteiger partial charge in [0, 0.05) is 6.42 Å². The van der Waals surface area contributed by atoms with Crippen LogP contribution < -0.4 is 0 Å². The number of cyclic esters (lactones) is 1. The number of rotatable bonds is 6. The van der Waals surface area contributed by atoms with Gasteiger partial charge in [-0.05, 0) is 13.8 Å². The molecule has 2 aliphatic rings. The summed E-state index contributed by atoms with van der Waals surface area (Å²) in [4.78, 5) is 24.0. The second kappa shape index (κ2) is 5.71. The maximum absolute atomic E-state index is 12.3. The Hall–Kier alpha value is -1.50. The van der Waals surface area contributed by atoms with Crippen LogP contribution in [0.25, 0.3) is 0 Å². The molecule has 3 atom stereocenters. The molecule has 0 aliphatic carbocycles. The molecule has 0 unspecified atom stereocenters. The fourth-order valence-electron chi connectivity index (χ4n) is 2.64. The van der Waals surface area contributed by atoms with E-state index in [0.717, 1.165) is 0 Å². The molecule has 0 amide bonds. The van der Waals surface area contributed by atoms with Gasteiger partial charge in [-0.1, -0.05) is 12.2 Å². The highest BCUT2D eigenvalue weighted by atomic mass is 16.8. The van der Waals surface area contributed by atoms with Gasteiger partial charge in [-0.2, -0.15) is 0 Å². The SMILES string of the molecule is C=CCO[C@]1(CC=C)C(=O)C(=O)O[C@@H]1[C@@H]1COC(C)(C)O1. The molecule has 0 aromatic rings. The molecular formula is C15H20O6. The molecule has 0 N–H and O–H groups in total. The zero-order valence-electron chi connectivity index (χ0n) is 12.3. The van der Waals surface area contributed by atoms with Gasteiger partial charge >= 0.3 is 5.97 Å². The molecule has 0 saturated carbocycles. The van der Waals surface area contributed by atoms with Crippen LogP contribution in [0.4, 0.5) is 0 Å². The highest BCUT2D eigenvalue weighted by molar-refractivity contribution is 6.39.